The number of aromatic nitrogens is 1. The zero-order chi connectivity index (χ0) is 20.7. The molecule has 0 radical (unpaired) electrons. The Labute approximate surface area is 184 Å². The Morgan fingerprint density at radius 2 is 1.73 bits per heavy atom. The lowest BCUT2D eigenvalue weighted by Gasteiger charge is -2.18. The molecule has 30 heavy (non-hydrogen) atoms. The van der Waals surface area contributed by atoms with Crippen LogP contribution >= 0.6 is 23.4 Å². The van der Waals surface area contributed by atoms with Crippen molar-refractivity contribution in [1.82, 2.24) is 4.57 Å². The summed E-state index contributed by atoms with van der Waals surface area (Å²) < 4.78 is 2.27. The molecule has 0 saturated carbocycles. The number of carbonyl (C=O) groups is 1. The summed E-state index contributed by atoms with van der Waals surface area (Å²) in [7, 11) is 0. The molecule has 1 amide bonds. The van der Waals surface area contributed by atoms with Gasteiger partial charge in [0, 0.05) is 38.6 Å². The number of amides is 1. The minimum absolute atomic E-state index is 0.0685. The molecule has 1 aliphatic rings. The molecule has 148 valence electrons. The molecular weight excluding hydrogens is 412 g/mol. The van der Waals surface area contributed by atoms with E-state index in [-0.39, 0.29) is 5.91 Å². The molecule has 2 heterocycles. The fourth-order valence-electron chi connectivity index (χ4n) is 3.87. The number of carbonyl (C=O) groups excluding carboxylic acids is 1. The first-order valence-corrected chi connectivity index (χ1v) is 10.9. The van der Waals surface area contributed by atoms with Gasteiger partial charge in [0.1, 0.15) is 0 Å². The number of anilines is 1. The molecule has 1 N–H and O–H groups in total. The number of benzene rings is 3. The van der Waals surface area contributed by atoms with E-state index in [9.17, 15) is 4.79 Å². The topological polar surface area (TPSA) is 34.0 Å². The van der Waals surface area contributed by atoms with Gasteiger partial charge in [-0.1, -0.05) is 71.9 Å². The van der Waals surface area contributed by atoms with E-state index in [1.165, 1.54) is 11.8 Å². The van der Waals surface area contributed by atoms with Crippen LogP contribution < -0.4 is 5.32 Å². The maximum atomic E-state index is 12.7. The number of fused-ring (bicyclic) bond motifs is 2. The van der Waals surface area contributed by atoms with E-state index in [2.05, 4.69) is 35.0 Å². The van der Waals surface area contributed by atoms with E-state index in [1.54, 1.807) is 0 Å². The maximum absolute atomic E-state index is 12.7. The fraction of sp³-hybridized carbons (Fsp3) is 0.0800. The van der Waals surface area contributed by atoms with E-state index in [0.717, 1.165) is 43.3 Å². The maximum Gasteiger partial charge on any atom is 0.262 e. The second kappa shape index (κ2) is 7.71. The summed E-state index contributed by atoms with van der Waals surface area (Å²) in [5.74, 6) is -0.0685. The smallest absolute Gasteiger partial charge is 0.262 e. The van der Waals surface area contributed by atoms with Crippen LogP contribution in [0.15, 0.2) is 82.6 Å². The van der Waals surface area contributed by atoms with E-state index in [4.69, 9.17) is 11.6 Å². The summed E-state index contributed by atoms with van der Waals surface area (Å²) >= 11 is 7.94. The number of rotatable bonds is 3. The molecule has 0 unspecified atom stereocenters. The number of para-hydroxylation sites is 2. The van der Waals surface area contributed by atoms with Crippen molar-refractivity contribution < 1.29 is 4.79 Å². The van der Waals surface area contributed by atoms with E-state index < -0.39 is 0 Å². The Balaban J connectivity index is 1.62. The van der Waals surface area contributed by atoms with Crippen LogP contribution in [0.4, 0.5) is 5.69 Å². The molecule has 0 saturated heterocycles. The highest BCUT2D eigenvalue weighted by molar-refractivity contribution is 8.04. The summed E-state index contributed by atoms with van der Waals surface area (Å²) in [6, 6.07) is 24.1. The number of halogens is 1. The van der Waals surface area contributed by atoms with Gasteiger partial charge in [-0.25, -0.2) is 0 Å². The SMILES string of the molecule is Cc1c(/C=C2\Sc3ccccc3NC2=O)c2ccccc2n1Cc1ccccc1Cl. The molecule has 0 fully saturated rings. The predicted octanol–water partition coefficient (Wildman–Crippen LogP) is 6.74. The summed E-state index contributed by atoms with van der Waals surface area (Å²) in [6.07, 6.45) is 2.01. The van der Waals surface area contributed by atoms with Gasteiger partial charge >= 0.3 is 0 Å². The van der Waals surface area contributed by atoms with Crippen LogP contribution in [0.2, 0.25) is 5.02 Å². The second-order valence-electron chi connectivity index (χ2n) is 7.25. The Hall–Kier alpha value is -2.95. The summed E-state index contributed by atoms with van der Waals surface area (Å²) in [4.78, 5) is 14.5. The Bertz CT molecular complexity index is 1320. The highest BCUT2D eigenvalue weighted by atomic mass is 35.5. The molecule has 1 aromatic heterocycles. The van der Waals surface area contributed by atoms with Gasteiger partial charge in [-0.15, -0.1) is 0 Å². The van der Waals surface area contributed by atoms with Crippen molar-refractivity contribution in [3.05, 3.63) is 99.5 Å². The Morgan fingerprint density at radius 1 is 1.00 bits per heavy atom. The lowest BCUT2D eigenvalue weighted by Crippen LogP contribution is -2.17. The van der Waals surface area contributed by atoms with Gasteiger partial charge < -0.3 is 9.88 Å². The zero-order valence-corrected chi connectivity index (χ0v) is 17.9. The molecule has 0 spiro atoms. The van der Waals surface area contributed by atoms with Crippen LogP contribution in [0.5, 0.6) is 0 Å². The van der Waals surface area contributed by atoms with Gasteiger partial charge in [0.05, 0.1) is 10.6 Å². The van der Waals surface area contributed by atoms with Crippen molar-refractivity contribution in [3.8, 4) is 0 Å². The highest BCUT2D eigenvalue weighted by Crippen LogP contribution is 2.40. The average molecular weight is 431 g/mol. The molecule has 3 aromatic carbocycles. The van der Waals surface area contributed by atoms with Gasteiger partial charge in [0.15, 0.2) is 0 Å². The third-order valence-corrected chi connectivity index (χ3v) is 6.89. The van der Waals surface area contributed by atoms with Gasteiger partial charge in [0.25, 0.3) is 5.91 Å². The molecule has 1 aliphatic heterocycles. The van der Waals surface area contributed by atoms with Crippen molar-refractivity contribution >= 4 is 51.9 Å². The normalized spacial score (nSPS) is 14.7. The molecule has 0 bridgehead atoms. The first kappa shape index (κ1) is 19.0. The van der Waals surface area contributed by atoms with Gasteiger partial charge in [-0.3, -0.25) is 4.79 Å². The Kier molecular flexibility index (Phi) is 4.89. The van der Waals surface area contributed by atoms with Crippen molar-refractivity contribution in [1.29, 1.82) is 0 Å². The lowest BCUT2D eigenvalue weighted by molar-refractivity contribution is -0.112. The zero-order valence-electron chi connectivity index (χ0n) is 16.4. The molecule has 3 nitrogen and oxygen atoms in total. The summed E-state index contributed by atoms with van der Waals surface area (Å²) in [5.41, 5.74) is 5.23. The monoisotopic (exact) mass is 430 g/mol. The number of nitrogens with one attached hydrogen (secondary N) is 1. The average Bonchev–Trinajstić information content (AvgIpc) is 3.02. The van der Waals surface area contributed by atoms with E-state index >= 15 is 0 Å². The van der Waals surface area contributed by atoms with Crippen LogP contribution in [0.25, 0.3) is 17.0 Å². The number of thioether (sulfide) groups is 1. The minimum Gasteiger partial charge on any atom is -0.340 e. The van der Waals surface area contributed by atoms with Crippen LogP contribution in [0.1, 0.15) is 16.8 Å². The molecule has 0 aliphatic carbocycles. The van der Waals surface area contributed by atoms with Crippen LogP contribution in [-0.4, -0.2) is 10.5 Å². The molecule has 0 atom stereocenters. The molecule has 5 heteroatoms. The third kappa shape index (κ3) is 3.32. The predicted molar refractivity (Wildman–Crippen MR) is 126 cm³/mol. The van der Waals surface area contributed by atoms with Gasteiger partial charge in [-0.2, -0.15) is 0 Å². The first-order chi connectivity index (χ1) is 14.6. The van der Waals surface area contributed by atoms with Crippen LogP contribution in [0, 0.1) is 6.92 Å². The van der Waals surface area contributed by atoms with Crippen LogP contribution in [0.3, 0.4) is 0 Å². The van der Waals surface area contributed by atoms with E-state index in [0.29, 0.717) is 11.4 Å². The summed E-state index contributed by atoms with van der Waals surface area (Å²) in [5, 5.41) is 4.88. The Morgan fingerprint density at radius 3 is 2.60 bits per heavy atom. The number of hydrogen-bond donors (Lipinski definition) is 1. The molecule has 5 rings (SSSR count). The largest absolute Gasteiger partial charge is 0.340 e. The van der Waals surface area contributed by atoms with E-state index in [1.807, 2.05) is 60.7 Å². The fourth-order valence-corrected chi connectivity index (χ4v) is 5.00. The lowest BCUT2D eigenvalue weighted by atomic mass is 10.1. The highest BCUT2D eigenvalue weighted by Gasteiger charge is 2.22. The van der Waals surface area contributed by atoms with Crippen molar-refractivity contribution in [2.45, 2.75) is 18.4 Å². The standard InChI is InChI=1S/C25H19ClN2OS/c1-16-19(14-24-25(29)27-21-11-5-7-13-23(21)30-24)18-9-3-6-12-22(18)28(16)15-17-8-2-4-10-20(17)26/h2-14H,15H2,1H3,(H,27,29)/b24-14-. The van der Waals surface area contributed by atoms with Crippen molar-refractivity contribution in [2.24, 2.45) is 0 Å². The van der Waals surface area contributed by atoms with Crippen molar-refractivity contribution in [2.75, 3.05) is 5.32 Å². The van der Waals surface area contributed by atoms with Crippen molar-refractivity contribution in [3.63, 3.8) is 0 Å². The molecule has 4 aromatic rings. The van der Waals surface area contributed by atoms with Gasteiger partial charge in [-0.05, 0) is 42.8 Å². The number of nitrogens with zero attached hydrogens (tertiary/aromatic N) is 1. The summed E-state index contributed by atoms with van der Waals surface area (Å²) in [6.45, 7) is 2.78. The second-order valence-corrected chi connectivity index (χ2v) is 8.75. The molecular formula is C25H19ClN2OS. The minimum atomic E-state index is -0.0685. The quantitative estimate of drug-likeness (QED) is 0.365. The third-order valence-electron chi connectivity index (χ3n) is 5.42. The van der Waals surface area contributed by atoms with Gasteiger partial charge in [0.2, 0.25) is 0 Å². The number of hydrogen-bond acceptors (Lipinski definition) is 2. The van der Waals surface area contributed by atoms with Crippen LogP contribution in [-0.2, 0) is 11.3 Å². The first-order valence-electron chi connectivity index (χ1n) is 9.73.